The average Bonchev–Trinajstić information content (AvgIpc) is 2.29. The van der Waals surface area contributed by atoms with Gasteiger partial charge in [0.1, 0.15) is 5.82 Å². The maximum absolute atomic E-state index is 5.92. The number of anilines is 2. The molecule has 88 valence electrons. The van der Waals surface area contributed by atoms with Gasteiger partial charge < -0.3 is 5.32 Å². The maximum atomic E-state index is 5.92. The second-order valence-electron chi connectivity index (χ2n) is 3.42. The molecule has 0 saturated carbocycles. The molecule has 0 spiro atoms. The third-order valence-corrected chi connectivity index (χ3v) is 3.52. The molecule has 1 aromatic heterocycles. The quantitative estimate of drug-likeness (QED) is 0.817. The van der Waals surface area contributed by atoms with Crippen LogP contribution in [-0.4, -0.2) is 9.97 Å². The highest BCUT2D eigenvalue weighted by Gasteiger charge is 2.04. The summed E-state index contributed by atoms with van der Waals surface area (Å²) in [5.41, 5.74) is 1.79. The van der Waals surface area contributed by atoms with Crippen molar-refractivity contribution in [2.75, 3.05) is 5.32 Å². The summed E-state index contributed by atoms with van der Waals surface area (Å²) < 4.78 is 0.821. The van der Waals surface area contributed by atoms with Gasteiger partial charge in [0.05, 0.1) is 5.02 Å². The molecule has 0 fully saturated rings. The molecular formula is C11H8BrCl2N3. The van der Waals surface area contributed by atoms with Crippen LogP contribution in [0.5, 0.6) is 0 Å². The van der Waals surface area contributed by atoms with Crippen molar-refractivity contribution in [2.24, 2.45) is 0 Å². The van der Waals surface area contributed by atoms with Crippen molar-refractivity contribution in [3.8, 4) is 0 Å². The Balaban J connectivity index is 2.31. The summed E-state index contributed by atoms with van der Waals surface area (Å²) in [7, 11) is 0. The number of aromatic nitrogens is 2. The lowest BCUT2D eigenvalue weighted by atomic mass is 10.3. The molecule has 3 nitrogen and oxygen atoms in total. The van der Waals surface area contributed by atoms with Gasteiger partial charge in [0.15, 0.2) is 0 Å². The molecule has 0 aliphatic rings. The van der Waals surface area contributed by atoms with E-state index in [0.29, 0.717) is 10.8 Å². The number of nitrogens with zero attached hydrogens (tertiary/aromatic N) is 2. The van der Waals surface area contributed by atoms with E-state index in [9.17, 15) is 0 Å². The third kappa shape index (κ3) is 3.09. The minimum Gasteiger partial charge on any atom is -0.340 e. The molecule has 0 amide bonds. The van der Waals surface area contributed by atoms with Crippen molar-refractivity contribution >= 4 is 50.6 Å². The fraction of sp³-hybridized carbons (Fsp3) is 0.0909. The van der Waals surface area contributed by atoms with Crippen LogP contribution in [0.15, 0.2) is 28.9 Å². The third-order valence-electron chi connectivity index (χ3n) is 2.12. The van der Waals surface area contributed by atoms with Crippen LogP contribution in [0.3, 0.4) is 0 Å². The van der Waals surface area contributed by atoms with Crippen LogP contribution in [0.1, 0.15) is 5.56 Å². The monoisotopic (exact) mass is 331 g/mol. The van der Waals surface area contributed by atoms with Gasteiger partial charge in [0.2, 0.25) is 5.28 Å². The van der Waals surface area contributed by atoms with E-state index in [4.69, 9.17) is 23.2 Å². The van der Waals surface area contributed by atoms with Crippen molar-refractivity contribution in [2.45, 2.75) is 6.92 Å². The SMILES string of the molecule is Cc1cnc(Cl)nc1Nc1ccc(Cl)c(Br)c1. The molecule has 0 aliphatic heterocycles. The zero-order chi connectivity index (χ0) is 12.4. The van der Waals surface area contributed by atoms with Crippen LogP contribution in [-0.2, 0) is 0 Å². The number of aryl methyl sites for hydroxylation is 1. The number of hydrogen-bond acceptors (Lipinski definition) is 3. The Bertz CT molecular complexity index is 560. The first-order valence-electron chi connectivity index (χ1n) is 4.77. The topological polar surface area (TPSA) is 37.8 Å². The van der Waals surface area contributed by atoms with Crippen molar-refractivity contribution in [3.05, 3.63) is 44.7 Å². The van der Waals surface area contributed by atoms with E-state index in [1.807, 2.05) is 19.1 Å². The van der Waals surface area contributed by atoms with E-state index >= 15 is 0 Å². The highest BCUT2D eigenvalue weighted by Crippen LogP contribution is 2.27. The predicted octanol–water partition coefficient (Wildman–Crippen LogP) is 4.60. The minimum absolute atomic E-state index is 0.214. The molecule has 1 N–H and O–H groups in total. The summed E-state index contributed by atoms with van der Waals surface area (Å²) in [6, 6.07) is 5.53. The Kier molecular flexibility index (Phi) is 3.86. The van der Waals surface area contributed by atoms with Crippen LogP contribution in [0, 0.1) is 6.92 Å². The lowest BCUT2D eigenvalue weighted by molar-refractivity contribution is 1.13. The summed E-state index contributed by atoms with van der Waals surface area (Å²) in [5.74, 6) is 0.680. The van der Waals surface area contributed by atoms with Gasteiger partial charge in [0.25, 0.3) is 0 Å². The predicted molar refractivity (Wildman–Crippen MR) is 74.2 cm³/mol. The first-order chi connectivity index (χ1) is 8.06. The molecular weight excluding hydrogens is 325 g/mol. The lowest BCUT2D eigenvalue weighted by Crippen LogP contribution is -1.98. The molecule has 0 atom stereocenters. The summed E-state index contributed by atoms with van der Waals surface area (Å²) in [6.07, 6.45) is 1.67. The van der Waals surface area contributed by atoms with E-state index in [-0.39, 0.29) is 5.28 Å². The molecule has 6 heteroatoms. The van der Waals surface area contributed by atoms with Gasteiger partial charge in [-0.05, 0) is 52.7 Å². The standard InChI is InChI=1S/C11H8BrCl2N3/c1-6-5-15-11(14)17-10(6)16-7-2-3-9(13)8(12)4-7/h2-5H,1H3,(H,15,16,17). The van der Waals surface area contributed by atoms with Gasteiger partial charge in [-0.3, -0.25) is 0 Å². The van der Waals surface area contributed by atoms with Crippen LogP contribution in [0.4, 0.5) is 11.5 Å². The van der Waals surface area contributed by atoms with Gasteiger partial charge in [0, 0.05) is 21.9 Å². The summed E-state index contributed by atoms with van der Waals surface area (Å²) in [6.45, 7) is 1.91. The fourth-order valence-corrected chi connectivity index (χ4v) is 1.89. The number of nitrogens with one attached hydrogen (secondary N) is 1. The minimum atomic E-state index is 0.214. The smallest absolute Gasteiger partial charge is 0.224 e. The van der Waals surface area contributed by atoms with E-state index < -0.39 is 0 Å². The number of halogens is 3. The van der Waals surface area contributed by atoms with Crippen LogP contribution in [0.25, 0.3) is 0 Å². The van der Waals surface area contributed by atoms with Gasteiger partial charge in [-0.25, -0.2) is 9.97 Å². The zero-order valence-electron chi connectivity index (χ0n) is 8.84. The lowest BCUT2D eigenvalue weighted by Gasteiger charge is -2.09. The van der Waals surface area contributed by atoms with E-state index in [0.717, 1.165) is 15.7 Å². The van der Waals surface area contributed by atoms with E-state index in [1.54, 1.807) is 12.3 Å². The summed E-state index contributed by atoms with van der Waals surface area (Å²) in [4.78, 5) is 8.01. The molecule has 1 heterocycles. The Morgan fingerprint density at radius 2 is 2.06 bits per heavy atom. The number of benzene rings is 1. The van der Waals surface area contributed by atoms with Crippen molar-refractivity contribution in [3.63, 3.8) is 0 Å². The van der Waals surface area contributed by atoms with E-state index in [1.165, 1.54) is 0 Å². The molecule has 2 aromatic rings. The van der Waals surface area contributed by atoms with Crippen LogP contribution >= 0.6 is 39.1 Å². The molecule has 2 rings (SSSR count). The average molecular weight is 333 g/mol. The fourth-order valence-electron chi connectivity index (χ4n) is 1.26. The summed E-state index contributed by atoms with van der Waals surface area (Å²) >= 11 is 15.0. The molecule has 1 aromatic carbocycles. The summed E-state index contributed by atoms with van der Waals surface area (Å²) in [5, 5.41) is 4.03. The van der Waals surface area contributed by atoms with Gasteiger partial charge in [-0.2, -0.15) is 0 Å². The van der Waals surface area contributed by atoms with Gasteiger partial charge in [-0.15, -0.1) is 0 Å². The molecule has 0 bridgehead atoms. The number of hydrogen-bond donors (Lipinski definition) is 1. The first-order valence-corrected chi connectivity index (χ1v) is 6.32. The van der Waals surface area contributed by atoms with Crippen LogP contribution < -0.4 is 5.32 Å². The maximum Gasteiger partial charge on any atom is 0.224 e. The molecule has 0 unspecified atom stereocenters. The highest BCUT2D eigenvalue weighted by atomic mass is 79.9. The first kappa shape index (κ1) is 12.6. The second kappa shape index (κ2) is 5.21. The van der Waals surface area contributed by atoms with Gasteiger partial charge >= 0.3 is 0 Å². The Morgan fingerprint density at radius 1 is 1.29 bits per heavy atom. The zero-order valence-corrected chi connectivity index (χ0v) is 11.9. The van der Waals surface area contributed by atoms with Gasteiger partial charge in [-0.1, -0.05) is 11.6 Å². The Hall–Kier alpha value is -0.840. The molecule has 0 saturated heterocycles. The second-order valence-corrected chi connectivity index (χ2v) is 5.02. The van der Waals surface area contributed by atoms with E-state index in [2.05, 4.69) is 31.2 Å². The van der Waals surface area contributed by atoms with Crippen molar-refractivity contribution in [1.82, 2.24) is 9.97 Å². The largest absolute Gasteiger partial charge is 0.340 e. The number of rotatable bonds is 2. The van der Waals surface area contributed by atoms with Crippen molar-refractivity contribution in [1.29, 1.82) is 0 Å². The normalized spacial score (nSPS) is 10.4. The Labute approximate surface area is 117 Å². The molecule has 0 aliphatic carbocycles. The molecule has 0 radical (unpaired) electrons. The van der Waals surface area contributed by atoms with Crippen molar-refractivity contribution < 1.29 is 0 Å². The Morgan fingerprint density at radius 3 is 2.76 bits per heavy atom. The van der Waals surface area contributed by atoms with Crippen LogP contribution in [0.2, 0.25) is 10.3 Å². The highest BCUT2D eigenvalue weighted by molar-refractivity contribution is 9.10. The molecule has 17 heavy (non-hydrogen) atoms.